The van der Waals surface area contributed by atoms with E-state index in [1.54, 1.807) is 12.1 Å². The number of ether oxygens (including phenoxy) is 1. The van der Waals surface area contributed by atoms with Gasteiger partial charge in [0.05, 0.1) is 18.2 Å². The van der Waals surface area contributed by atoms with Gasteiger partial charge in [-0.15, -0.1) is 0 Å². The van der Waals surface area contributed by atoms with E-state index in [0.29, 0.717) is 24.7 Å². The number of piperidine rings is 1. The molecule has 0 bridgehead atoms. The van der Waals surface area contributed by atoms with Gasteiger partial charge in [-0.2, -0.15) is 5.26 Å². The molecule has 1 fully saturated rings. The number of nitrogens with zero attached hydrogens (tertiary/aromatic N) is 2. The van der Waals surface area contributed by atoms with Crippen molar-refractivity contribution in [3.8, 4) is 11.8 Å². The number of hydrogen-bond donors (Lipinski definition) is 1. The van der Waals surface area contributed by atoms with Crippen LogP contribution in [-0.2, 0) is 0 Å². The standard InChI is InChI=1S/C16H22N2O2/c17-12-15-3-1-4-16(11-15)20-10-2-7-18-8-5-14(13-19)6-9-18/h1,3-4,11,14,19H,2,5-10,13H2. The highest BCUT2D eigenvalue weighted by molar-refractivity contribution is 5.36. The van der Waals surface area contributed by atoms with Crippen molar-refractivity contribution in [1.82, 2.24) is 4.90 Å². The SMILES string of the molecule is N#Cc1cccc(OCCCN2CCC(CO)CC2)c1. The number of aliphatic hydroxyl groups excluding tert-OH is 1. The maximum Gasteiger partial charge on any atom is 0.120 e. The molecular formula is C16H22N2O2. The summed E-state index contributed by atoms with van der Waals surface area (Å²) in [5, 5.41) is 17.9. The Morgan fingerprint density at radius 1 is 1.35 bits per heavy atom. The van der Waals surface area contributed by atoms with E-state index in [0.717, 1.165) is 44.6 Å². The van der Waals surface area contributed by atoms with Crippen LogP contribution >= 0.6 is 0 Å². The highest BCUT2D eigenvalue weighted by Gasteiger charge is 2.17. The van der Waals surface area contributed by atoms with Gasteiger partial charge < -0.3 is 14.7 Å². The van der Waals surface area contributed by atoms with E-state index >= 15 is 0 Å². The van der Waals surface area contributed by atoms with Gasteiger partial charge in [-0.3, -0.25) is 0 Å². The fourth-order valence-corrected chi connectivity index (χ4v) is 2.53. The molecule has 0 unspecified atom stereocenters. The van der Waals surface area contributed by atoms with Crippen LogP contribution in [-0.4, -0.2) is 42.9 Å². The number of rotatable bonds is 6. The van der Waals surface area contributed by atoms with Gasteiger partial charge in [0, 0.05) is 13.2 Å². The molecule has 0 radical (unpaired) electrons. The first kappa shape index (κ1) is 14.8. The third-order valence-electron chi connectivity index (χ3n) is 3.82. The van der Waals surface area contributed by atoms with E-state index in [-0.39, 0.29) is 0 Å². The molecule has 4 heteroatoms. The van der Waals surface area contributed by atoms with E-state index in [1.807, 2.05) is 12.1 Å². The lowest BCUT2D eigenvalue weighted by Crippen LogP contribution is -2.35. The van der Waals surface area contributed by atoms with Crippen LogP contribution in [0, 0.1) is 17.2 Å². The van der Waals surface area contributed by atoms with Crippen molar-refractivity contribution in [1.29, 1.82) is 5.26 Å². The summed E-state index contributed by atoms with van der Waals surface area (Å²) in [7, 11) is 0. The average molecular weight is 274 g/mol. The summed E-state index contributed by atoms with van der Waals surface area (Å²) >= 11 is 0. The molecule has 1 aliphatic heterocycles. The fraction of sp³-hybridized carbons (Fsp3) is 0.562. The molecule has 0 aromatic heterocycles. The van der Waals surface area contributed by atoms with Gasteiger partial charge in [0.2, 0.25) is 0 Å². The van der Waals surface area contributed by atoms with Crippen molar-refractivity contribution in [3.05, 3.63) is 29.8 Å². The average Bonchev–Trinajstić information content (AvgIpc) is 2.52. The Balaban J connectivity index is 1.63. The minimum Gasteiger partial charge on any atom is -0.494 e. The van der Waals surface area contributed by atoms with Crippen LogP contribution in [0.25, 0.3) is 0 Å². The molecule has 0 spiro atoms. The molecule has 1 N–H and O–H groups in total. The van der Waals surface area contributed by atoms with E-state index in [1.165, 1.54) is 0 Å². The number of likely N-dealkylation sites (tertiary alicyclic amines) is 1. The van der Waals surface area contributed by atoms with Crippen LogP contribution in [0.4, 0.5) is 0 Å². The molecule has 1 aliphatic rings. The molecule has 20 heavy (non-hydrogen) atoms. The highest BCUT2D eigenvalue weighted by atomic mass is 16.5. The lowest BCUT2D eigenvalue weighted by Gasteiger charge is -2.30. The fourth-order valence-electron chi connectivity index (χ4n) is 2.53. The summed E-state index contributed by atoms with van der Waals surface area (Å²) in [5.41, 5.74) is 0.633. The lowest BCUT2D eigenvalue weighted by atomic mass is 9.98. The number of hydrogen-bond acceptors (Lipinski definition) is 4. The predicted octanol–water partition coefficient (Wildman–Crippen LogP) is 2.03. The van der Waals surface area contributed by atoms with Crippen LogP contribution in [0.3, 0.4) is 0 Å². The van der Waals surface area contributed by atoms with Crippen LogP contribution in [0.5, 0.6) is 5.75 Å². The minimum atomic E-state index is 0.326. The maximum absolute atomic E-state index is 9.10. The minimum absolute atomic E-state index is 0.326. The molecule has 0 saturated carbocycles. The maximum atomic E-state index is 9.10. The lowest BCUT2D eigenvalue weighted by molar-refractivity contribution is 0.126. The van der Waals surface area contributed by atoms with E-state index in [4.69, 9.17) is 15.1 Å². The van der Waals surface area contributed by atoms with Crippen LogP contribution in [0.2, 0.25) is 0 Å². The summed E-state index contributed by atoms with van der Waals surface area (Å²) in [5.74, 6) is 1.26. The van der Waals surface area contributed by atoms with E-state index < -0.39 is 0 Å². The predicted molar refractivity (Wildman–Crippen MR) is 77.5 cm³/mol. The number of benzene rings is 1. The molecule has 1 aromatic carbocycles. The zero-order valence-corrected chi connectivity index (χ0v) is 11.8. The first-order valence-electron chi connectivity index (χ1n) is 7.28. The Bertz CT molecular complexity index is 448. The molecule has 2 rings (SSSR count). The van der Waals surface area contributed by atoms with Gasteiger partial charge in [-0.25, -0.2) is 0 Å². The topological polar surface area (TPSA) is 56.5 Å². The summed E-state index contributed by atoms with van der Waals surface area (Å²) in [4.78, 5) is 2.43. The Hall–Kier alpha value is -1.57. The summed E-state index contributed by atoms with van der Waals surface area (Å²) < 4.78 is 5.66. The molecule has 108 valence electrons. The number of nitriles is 1. The third-order valence-corrected chi connectivity index (χ3v) is 3.82. The number of aliphatic hydroxyl groups is 1. The van der Waals surface area contributed by atoms with Crippen molar-refractivity contribution in [2.45, 2.75) is 19.3 Å². The van der Waals surface area contributed by atoms with Crippen molar-refractivity contribution in [3.63, 3.8) is 0 Å². The molecular weight excluding hydrogens is 252 g/mol. The smallest absolute Gasteiger partial charge is 0.120 e. The Morgan fingerprint density at radius 2 is 2.15 bits per heavy atom. The van der Waals surface area contributed by atoms with Crippen LogP contribution < -0.4 is 4.74 Å². The molecule has 0 aliphatic carbocycles. The Kier molecular flexibility index (Phi) is 5.85. The molecule has 0 amide bonds. The van der Waals surface area contributed by atoms with Crippen LogP contribution in [0.1, 0.15) is 24.8 Å². The Labute approximate surface area is 120 Å². The van der Waals surface area contributed by atoms with Gasteiger partial charge in [0.25, 0.3) is 0 Å². The molecule has 1 aromatic rings. The van der Waals surface area contributed by atoms with Gasteiger partial charge in [-0.1, -0.05) is 6.07 Å². The second kappa shape index (κ2) is 7.88. The Morgan fingerprint density at radius 3 is 2.85 bits per heavy atom. The van der Waals surface area contributed by atoms with Gasteiger partial charge in [-0.05, 0) is 56.5 Å². The van der Waals surface area contributed by atoms with E-state index in [9.17, 15) is 0 Å². The second-order valence-electron chi connectivity index (χ2n) is 5.31. The first-order valence-corrected chi connectivity index (χ1v) is 7.28. The monoisotopic (exact) mass is 274 g/mol. The van der Waals surface area contributed by atoms with E-state index in [2.05, 4.69) is 11.0 Å². The van der Waals surface area contributed by atoms with Gasteiger partial charge in [0.1, 0.15) is 5.75 Å². The zero-order chi connectivity index (χ0) is 14.2. The van der Waals surface area contributed by atoms with Gasteiger partial charge >= 0.3 is 0 Å². The largest absolute Gasteiger partial charge is 0.494 e. The quantitative estimate of drug-likeness (QED) is 0.806. The van der Waals surface area contributed by atoms with Crippen molar-refractivity contribution in [2.24, 2.45) is 5.92 Å². The normalized spacial score (nSPS) is 16.8. The van der Waals surface area contributed by atoms with Crippen molar-refractivity contribution < 1.29 is 9.84 Å². The van der Waals surface area contributed by atoms with Crippen molar-refractivity contribution >= 4 is 0 Å². The molecule has 1 saturated heterocycles. The summed E-state index contributed by atoms with van der Waals surface area (Å²) in [6.07, 6.45) is 3.18. The van der Waals surface area contributed by atoms with Crippen molar-refractivity contribution in [2.75, 3.05) is 32.8 Å². The molecule has 4 nitrogen and oxygen atoms in total. The second-order valence-corrected chi connectivity index (χ2v) is 5.31. The zero-order valence-electron chi connectivity index (χ0n) is 11.8. The van der Waals surface area contributed by atoms with Gasteiger partial charge in [0.15, 0.2) is 0 Å². The highest BCUT2D eigenvalue weighted by Crippen LogP contribution is 2.17. The summed E-state index contributed by atoms with van der Waals surface area (Å²) in [6.45, 7) is 4.20. The van der Waals surface area contributed by atoms with Crippen LogP contribution in [0.15, 0.2) is 24.3 Å². The molecule has 0 atom stereocenters. The first-order chi connectivity index (χ1) is 9.81. The summed E-state index contributed by atoms with van der Waals surface area (Å²) in [6, 6.07) is 9.38. The third kappa shape index (κ3) is 4.52. The molecule has 1 heterocycles.